The van der Waals surface area contributed by atoms with Gasteiger partial charge in [-0.3, -0.25) is 16.0 Å². The summed E-state index contributed by atoms with van der Waals surface area (Å²) in [5, 5.41) is 4.91. The third-order valence-electron chi connectivity index (χ3n) is 3.88. The summed E-state index contributed by atoms with van der Waals surface area (Å²) in [6.45, 7) is 4.03. The molecule has 0 aliphatic carbocycles. The number of hydrazine groups is 1. The monoisotopic (exact) mass is 310 g/mol. The van der Waals surface area contributed by atoms with E-state index in [4.69, 9.17) is 17.4 Å². The van der Waals surface area contributed by atoms with Gasteiger partial charge in [0.2, 0.25) is 0 Å². The first-order chi connectivity index (χ1) is 9.93. The normalized spacial score (nSPS) is 12.7. The van der Waals surface area contributed by atoms with Gasteiger partial charge in [0.25, 0.3) is 0 Å². The Morgan fingerprint density at radius 1 is 1.43 bits per heavy atom. The van der Waals surface area contributed by atoms with Crippen molar-refractivity contribution in [2.75, 3.05) is 0 Å². The van der Waals surface area contributed by atoms with Crippen molar-refractivity contribution in [2.24, 2.45) is 12.9 Å². The van der Waals surface area contributed by atoms with Gasteiger partial charge in [-0.15, -0.1) is 0 Å². The van der Waals surface area contributed by atoms with E-state index in [2.05, 4.69) is 10.5 Å². The molecule has 2 rings (SSSR count). The molecule has 1 aromatic carbocycles. The molecule has 1 heterocycles. The van der Waals surface area contributed by atoms with Crippen LogP contribution in [-0.4, -0.2) is 9.78 Å². The van der Waals surface area contributed by atoms with Crippen LogP contribution < -0.4 is 11.3 Å². The molecule has 114 valence electrons. The molecule has 2 aromatic rings. The van der Waals surface area contributed by atoms with Gasteiger partial charge in [-0.2, -0.15) is 5.10 Å². The van der Waals surface area contributed by atoms with Gasteiger partial charge in [-0.05, 0) is 56.0 Å². The Hall–Kier alpha value is -1.43. The first kappa shape index (κ1) is 15.9. The largest absolute Gasteiger partial charge is 0.272 e. The Bertz CT molecular complexity index is 639. The molecule has 0 spiro atoms. The summed E-state index contributed by atoms with van der Waals surface area (Å²) in [6.07, 6.45) is 1.51. The van der Waals surface area contributed by atoms with Crippen molar-refractivity contribution in [1.29, 1.82) is 0 Å². The molecule has 3 N–H and O–H groups in total. The second-order valence-electron chi connectivity index (χ2n) is 5.20. The van der Waals surface area contributed by atoms with E-state index in [1.54, 1.807) is 6.07 Å². The van der Waals surface area contributed by atoms with Crippen LogP contribution in [0.1, 0.15) is 35.0 Å². The van der Waals surface area contributed by atoms with Gasteiger partial charge in [0, 0.05) is 23.8 Å². The van der Waals surface area contributed by atoms with E-state index in [-0.39, 0.29) is 11.9 Å². The van der Waals surface area contributed by atoms with Crippen LogP contribution in [0.25, 0.3) is 0 Å². The van der Waals surface area contributed by atoms with Crippen molar-refractivity contribution in [2.45, 2.75) is 32.7 Å². The maximum Gasteiger partial charge on any atom is 0.123 e. The van der Waals surface area contributed by atoms with Crippen LogP contribution in [0.15, 0.2) is 18.2 Å². The first-order valence-corrected chi connectivity index (χ1v) is 7.22. The highest BCUT2D eigenvalue weighted by molar-refractivity contribution is 6.31. The van der Waals surface area contributed by atoms with Gasteiger partial charge in [0.15, 0.2) is 0 Å². The average molecular weight is 311 g/mol. The van der Waals surface area contributed by atoms with Crippen LogP contribution in [0.5, 0.6) is 0 Å². The number of aromatic nitrogens is 2. The van der Waals surface area contributed by atoms with E-state index in [0.29, 0.717) is 17.0 Å². The van der Waals surface area contributed by atoms with Crippen molar-refractivity contribution < 1.29 is 4.39 Å². The number of rotatable bonds is 5. The fourth-order valence-electron chi connectivity index (χ4n) is 2.58. The van der Waals surface area contributed by atoms with Gasteiger partial charge in [-0.25, -0.2) is 4.39 Å². The standard InChI is InChI=1S/C15H20ClFN4/c1-9-12(10(2)21(3)20-9)5-7-15(19-18)13-8-11(17)4-6-14(13)16/h4,6,8,15,19H,5,7,18H2,1-3H3. The molecule has 0 aliphatic heterocycles. The summed E-state index contributed by atoms with van der Waals surface area (Å²) >= 11 is 6.14. The zero-order chi connectivity index (χ0) is 15.6. The molecule has 1 atom stereocenters. The lowest BCUT2D eigenvalue weighted by atomic mass is 9.98. The third-order valence-corrected chi connectivity index (χ3v) is 4.22. The Kier molecular flexibility index (Phi) is 4.98. The second-order valence-corrected chi connectivity index (χ2v) is 5.60. The number of halogens is 2. The van der Waals surface area contributed by atoms with E-state index < -0.39 is 0 Å². The van der Waals surface area contributed by atoms with E-state index in [9.17, 15) is 4.39 Å². The highest BCUT2D eigenvalue weighted by atomic mass is 35.5. The molecule has 0 radical (unpaired) electrons. The molecule has 0 amide bonds. The fraction of sp³-hybridized carbons (Fsp3) is 0.400. The highest BCUT2D eigenvalue weighted by Gasteiger charge is 2.17. The highest BCUT2D eigenvalue weighted by Crippen LogP contribution is 2.27. The molecule has 0 saturated heterocycles. The Morgan fingerprint density at radius 3 is 2.71 bits per heavy atom. The summed E-state index contributed by atoms with van der Waals surface area (Å²) in [7, 11) is 1.92. The maximum atomic E-state index is 13.4. The lowest BCUT2D eigenvalue weighted by molar-refractivity contribution is 0.511. The Balaban J connectivity index is 2.18. The predicted molar refractivity (Wildman–Crippen MR) is 82.5 cm³/mol. The van der Waals surface area contributed by atoms with Crippen LogP contribution in [0, 0.1) is 19.7 Å². The molecule has 0 aliphatic rings. The smallest absolute Gasteiger partial charge is 0.123 e. The van der Waals surface area contributed by atoms with E-state index in [1.807, 2.05) is 25.6 Å². The fourth-order valence-corrected chi connectivity index (χ4v) is 2.83. The minimum atomic E-state index is -0.316. The van der Waals surface area contributed by atoms with E-state index in [1.165, 1.54) is 17.7 Å². The zero-order valence-electron chi connectivity index (χ0n) is 12.5. The number of nitrogens with one attached hydrogen (secondary N) is 1. The number of aryl methyl sites for hydroxylation is 2. The van der Waals surface area contributed by atoms with Gasteiger partial charge in [-0.1, -0.05) is 11.6 Å². The molecule has 0 fully saturated rings. The van der Waals surface area contributed by atoms with Crippen molar-refractivity contribution in [1.82, 2.24) is 15.2 Å². The van der Waals surface area contributed by atoms with Gasteiger partial charge < -0.3 is 0 Å². The van der Waals surface area contributed by atoms with Gasteiger partial charge >= 0.3 is 0 Å². The van der Waals surface area contributed by atoms with Crippen LogP contribution in [-0.2, 0) is 13.5 Å². The maximum absolute atomic E-state index is 13.4. The molecule has 21 heavy (non-hydrogen) atoms. The molecule has 1 unspecified atom stereocenters. The van der Waals surface area contributed by atoms with Crippen molar-refractivity contribution in [3.63, 3.8) is 0 Å². The first-order valence-electron chi connectivity index (χ1n) is 6.84. The molecule has 6 heteroatoms. The minimum Gasteiger partial charge on any atom is -0.272 e. The number of nitrogens with two attached hydrogens (primary N) is 1. The number of hydrogen-bond donors (Lipinski definition) is 2. The summed E-state index contributed by atoms with van der Waals surface area (Å²) in [5.74, 6) is 5.30. The summed E-state index contributed by atoms with van der Waals surface area (Å²) in [5.41, 5.74) is 6.75. The number of benzene rings is 1. The quantitative estimate of drug-likeness (QED) is 0.659. The summed E-state index contributed by atoms with van der Waals surface area (Å²) in [6, 6.07) is 4.12. The molecule has 0 saturated carbocycles. The lowest BCUT2D eigenvalue weighted by Crippen LogP contribution is -2.28. The summed E-state index contributed by atoms with van der Waals surface area (Å²) < 4.78 is 15.3. The molecular weight excluding hydrogens is 291 g/mol. The topological polar surface area (TPSA) is 55.9 Å². The molecule has 4 nitrogen and oxygen atoms in total. The van der Waals surface area contributed by atoms with E-state index in [0.717, 1.165) is 17.8 Å². The third kappa shape index (κ3) is 3.43. The second kappa shape index (κ2) is 6.56. The van der Waals surface area contributed by atoms with E-state index >= 15 is 0 Å². The minimum absolute atomic E-state index is 0.202. The SMILES string of the molecule is Cc1nn(C)c(C)c1CCC(NN)c1cc(F)ccc1Cl. The van der Waals surface area contributed by atoms with Crippen LogP contribution >= 0.6 is 11.6 Å². The predicted octanol–water partition coefficient (Wildman–Crippen LogP) is 2.97. The number of hydrogen-bond acceptors (Lipinski definition) is 3. The Labute approximate surface area is 129 Å². The molecule has 1 aromatic heterocycles. The average Bonchev–Trinajstić information content (AvgIpc) is 2.69. The van der Waals surface area contributed by atoms with Gasteiger partial charge in [0.05, 0.1) is 5.69 Å². The van der Waals surface area contributed by atoms with Gasteiger partial charge in [0.1, 0.15) is 5.82 Å². The summed E-state index contributed by atoms with van der Waals surface area (Å²) in [4.78, 5) is 0. The molecular formula is C15H20ClFN4. The van der Waals surface area contributed by atoms with Crippen LogP contribution in [0.4, 0.5) is 4.39 Å². The van der Waals surface area contributed by atoms with Crippen molar-refractivity contribution >= 4 is 11.6 Å². The number of nitrogens with zero attached hydrogens (tertiary/aromatic N) is 2. The Morgan fingerprint density at radius 2 is 2.14 bits per heavy atom. The lowest BCUT2D eigenvalue weighted by Gasteiger charge is -2.18. The van der Waals surface area contributed by atoms with Crippen molar-refractivity contribution in [3.8, 4) is 0 Å². The van der Waals surface area contributed by atoms with Crippen LogP contribution in [0.3, 0.4) is 0 Å². The zero-order valence-corrected chi connectivity index (χ0v) is 13.2. The molecule has 0 bridgehead atoms. The van der Waals surface area contributed by atoms with Crippen molar-refractivity contribution in [3.05, 3.63) is 51.6 Å². The van der Waals surface area contributed by atoms with Crippen LogP contribution in [0.2, 0.25) is 5.02 Å².